The van der Waals surface area contributed by atoms with Crippen LogP contribution in [0.15, 0.2) is 4.99 Å². The van der Waals surface area contributed by atoms with Crippen molar-refractivity contribution in [3.8, 4) is 0 Å². The van der Waals surface area contributed by atoms with Crippen LogP contribution in [-0.2, 0) is 10.0 Å². The van der Waals surface area contributed by atoms with Gasteiger partial charge in [-0.1, -0.05) is 6.92 Å². The zero-order chi connectivity index (χ0) is 19.4. The third kappa shape index (κ3) is 6.89. The van der Waals surface area contributed by atoms with E-state index >= 15 is 0 Å². The van der Waals surface area contributed by atoms with Crippen LogP contribution in [0, 0.1) is 0 Å². The number of piperidine rings is 1. The lowest BCUT2D eigenvalue weighted by atomic mass is 10.1. The molecule has 1 aliphatic carbocycles. The molecule has 1 saturated carbocycles. The van der Waals surface area contributed by atoms with Gasteiger partial charge in [0.05, 0.1) is 0 Å². The van der Waals surface area contributed by atoms with Crippen LogP contribution in [-0.4, -0.2) is 80.9 Å². The number of nitrogens with one attached hydrogen (secondary N) is 2. The van der Waals surface area contributed by atoms with E-state index in [2.05, 4.69) is 27.4 Å². The highest BCUT2D eigenvalue weighted by Crippen LogP contribution is 2.29. The standard InChI is InChI=1S/C15H28F3N5O2S.HI/c1-3-22(13-4-5-13)11-8-20-14(19-2)21-12-6-9-23(10-7-12)26(24,25)15(16,17)18;/h12-13H,3-11H2,1-2H3,(H2,19,20,21);1H. The van der Waals surface area contributed by atoms with Crippen molar-refractivity contribution in [2.45, 2.75) is 50.2 Å². The monoisotopic (exact) mass is 527 g/mol. The molecule has 0 aromatic rings. The highest BCUT2D eigenvalue weighted by atomic mass is 127. The number of nitrogens with zero attached hydrogens (tertiary/aromatic N) is 3. The number of likely N-dealkylation sites (N-methyl/N-ethyl adjacent to an activating group) is 1. The van der Waals surface area contributed by atoms with Crippen molar-refractivity contribution in [2.24, 2.45) is 4.99 Å². The van der Waals surface area contributed by atoms with E-state index in [0.29, 0.717) is 29.1 Å². The molecule has 1 heterocycles. The fraction of sp³-hybridized carbons (Fsp3) is 0.933. The summed E-state index contributed by atoms with van der Waals surface area (Å²) in [6.45, 7) is 4.47. The predicted octanol–water partition coefficient (Wildman–Crippen LogP) is 1.57. The van der Waals surface area contributed by atoms with Crippen molar-refractivity contribution >= 4 is 40.0 Å². The van der Waals surface area contributed by atoms with Crippen LogP contribution in [0.5, 0.6) is 0 Å². The molecule has 0 radical (unpaired) electrons. The number of halogens is 4. The Hall–Kier alpha value is -0.340. The van der Waals surface area contributed by atoms with Crippen molar-refractivity contribution in [2.75, 3.05) is 39.8 Å². The number of hydrogen-bond acceptors (Lipinski definition) is 4. The Kier molecular flexibility index (Phi) is 9.55. The first kappa shape index (κ1) is 24.7. The second kappa shape index (κ2) is 10.4. The highest BCUT2D eigenvalue weighted by molar-refractivity contribution is 14.0. The van der Waals surface area contributed by atoms with Gasteiger partial charge in [0, 0.05) is 45.3 Å². The van der Waals surface area contributed by atoms with Gasteiger partial charge < -0.3 is 10.6 Å². The van der Waals surface area contributed by atoms with Gasteiger partial charge in [0.25, 0.3) is 0 Å². The molecule has 0 bridgehead atoms. The summed E-state index contributed by atoms with van der Waals surface area (Å²) in [5.41, 5.74) is -5.24. The normalized spacial score (nSPS) is 20.4. The van der Waals surface area contributed by atoms with Crippen molar-refractivity contribution in [3.63, 3.8) is 0 Å². The summed E-state index contributed by atoms with van der Waals surface area (Å²) >= 11 is 0. The van der Waals surface area contributed by atoms with E-state index in [1.165, 1.54) is 12.8 Å². The second-order valence-electron chi connectivity index (χ2n) is 6.63. The smallest absolute Gasteiger partial charge is 0.355 e. The largest absolute Gasteiger partial charge is 0.511 e. The SMILES string of the molecule is CCN(CCNC(=NC)NC1CCN(S(=O)(=O)C(F)(F)F)CC1)C1CC1.I. The molecule has 0 aromatic carbocycles. The summed E-state index contributed by atoms with van der Waals surface area (Å²) in [6.07, 6.45) is 3.11. The van der Waals surface area contributed by atoms with Crippen molar-refractivity contribution in [1.29, 1.82) is 0 Å². The summed E-state index contributed by atoms with van der Waals surface area (Å²) in [4.78, 5) is 6.54. The molecule has 2 fully saturated rings. The highest BCUT2D eigenvalue weighted by Gasteiger charge is 2.50. The molecular formula is C15H29F3IN5O2S. The minimum atomic E-state index is -5.24. The first-order valence-corrected chi connectivity index (χ1v) is 10.4. The Bertz CT molecular complexity index is 591. The maximum Gasteiger partial charge on any atom is 0.511 e. The molecule has 0 aromatic heterocycles. The fourth-order valence-corrected chi connectivity index (χ4v) is 4.12. The number of alkyl halides is 3. The Morgan fingerprint density at radius 3 is 2.26 bits per heavy atom. The van der Waals surface area contributed by atoms with Crippen molar-refractivity contribution in [3.05, 3.63) is 0 Å². The van der Waals surface area contributed by atoms with E-state index < -0.39 is 15.5 Å². The number of rotatable bonds is 7. The number of hydrogen-bond donors (Lipinski definition) is 2. The van der Waals surface area contributed by atoms with Gasteiger partial charge in [-0.25, -0.2) is 8.42 Å². The molecule has 0 atom stereocenters. The quantitative estimate of drug-likeness (QED) is 0.299. The summed E-state index contributed by atoms with van der Waals surface area (Å²) in [6, 6.07) is 0.586. The topological polar surface area (TPSA) is 77.0 Å². The Labute approximate surface area is 176 Å². The van der Waals surface area contributed by atoms with Crippen LogP contribution >= 0.6 is 24.0 Å². The molecule has 0 spiro atoms. The Morgan fingerprint density at radius 1 is 1.22 bits per heavy atom. The zero-order valence-electron chi connectivity index (χ0n) is 15.6. The van der Waals surface area contributed by atoms with Crippen LogP contribution in [0.2, 0.25) is 0 Å². The summed E-state index contributed by atoms with van der Waals surface area (Å²) < 4.78 is 61.2. The van der Waals surface area contributed by atoms with Crippen molar-refractivity contribution in [1.82, 2.24) is 19.8 Å². The minimum Gasteiger partial charge on any atom is -0.355 e. The minimum absolute atomic E-state index is 0. The van der Waals surface area contributed by atoms with E-state index in [1.54, 1.807) is 7.05 Å². The van der Waals surface area contributed by atoms with E-state index in [0.717, 1.165) is 19.6 Å². The van der Waals surface area contributed by atoms with Crippen LogP contribution in [0.3, 0.4) is 0 Å². The molecule has 1 aliphatic heterocycles. The maximum absolute atomic E-state index is 12.6. The molecular weight excluding hydrogens is 498 g/mol. The van der Waals surface area contributed by atoms with E-state index in [4.69, 9.17) is 0 Å². The first-order chi connectivity index (χ1) is 12.2. The molecule has 12 heteroatoms. The van der Waals surface area contributed by atoms with Crippen LogP contribution in [0.1, 0.15) is 32.6 Å². The molecule has 2 N–H and O–H groups in total. The van der Waals surface area contributed by atoms with Gasteiger partial charge in [0.2, 0.25) is 0 Å². The molecule has 7 nitrogen and oxygen atoms in total. The summed E-state index contributed by atoms with van der Waals surface area (Å²) in [7, 11) is -3.60. The fourth-order valence-electron chi connectivity index (χ4n) is 3.13. The van der Waals surface area contributed by atoms with Gasteiger partial charge in [0.1, 0.15) is 0 Å². The molecule has 27 heavy (non-hydrogen) atoms. The lowest BCUT2D eigenvalue weighted by molar-refractivity contribution is -0.0494. The molecule has 2 aliphatic rings. The lowest BCUT2D eigenvalue weighted by Gasteiger charge is -2.32. The first-order valence-electron chi connectivity index (χ1n) is 8.96. The zero-order valence-corrected chi connectivity index (χ0v) is 18.8. The third-order valence-electron chi connectivity index (χ3n) is 4.81. The number of sulfonamides is 1. The van der Waals surface area contributed by atoms with E-state index in [-0.39, 0.29) is 43.1 Å². The van der Waals surface area contributed by atoms with Gasteiger partial charge in [-0.3, -0.25) is 9.89 Å². The van der Waals surface area contributed by atoms with Gasteiger partial charge in [0.15, 0.2) is 5.96 Å². The van der Waals surface area contributed by atoms with E-state index in [9.17, 15) is 21.6 Å². The number of aliphatic imine (C=N–C) groups is 1. The van der Waals surface area contributed by atoms with Crippen LogP contribution in [0.25, 0.3) is 0 Å². The third-order valence-corrected chi connectivity index (χ3v) is 6.44. The van der Waals surface area contributed by atoms with Gasteiger partial charge in [-0.2, -0.15) is 17.5 Å². The van der Waals surface area contributed by atoms with Gasteiger partial charge >= 0.3 is 15.5 Å². The summed E-state index contributed by atoms with van der Waals surface area (Å²) in [5.74, 6) is 0.592. The molecule has 2 rings (SSSR count). The van der Waals surface area contributed by atoms with Crippen LogP contribution < -0.4 is 10.6 Å². The van der Waals surface area contributed by atoms with Crippen LogP contribution in [0.4, 0.5) is 13.2 Å². The lowest BCUT2D eigenvalue weighted by Crippen LogP contribution is -2.52. The molecule has 0 amide bonds. The number of guanidine groups is 1. The van der Waals surface area contributed by atoms with Crippen molar-refractivity contribution < 1.29 is 21.6 Å². The average Bonchev–Trinajstić information content (AvgIpc) is 3.42. The van der Waals surface area contributed by atoms with Gasteiger partial charge in [-0.15, -0.1) is 24.0 Å². The molecule has 0 unspecified atom stereocenters. The average molecular weight is 527 g/mol. The molecule has 160 valence electrons. The molecule has 1 saturated heterocycles. The second-order valence-corrected chi connectivity index (χ2v) is 8.56. The van der Waals surface area contributed by atoms with Gasteiger partial charge in [-0.05, 0) is 32.2 Å². The Morgan fingerprint density at radius 2 is 1.81 bits per heavy atom. The Balaban J connectivity index is 0.00000364. The maximum atomic E-state index is 12.6. The van der Waals surface area contributed by atoms with E-state index in [1.807, 2.05) is 0 Å². The predicted molar refractivity (Wildman–Crippen MR) is 110 cm³/mol. The summed E-state index contributed by atoms with van der Waals surface area (Å²) in [5, 5.41) is 6.39.